The second-order valence-electron chi connectivity index (χ2n) is 8.03. The number of amides is 2. The fourth-order valence-electron chi connectivity index (χ4n) is 3.22. The van der Waals surface area contributed by atoms with E-state index in [1.807, 2.05) is 0 Å². The molecule has 0 radical (unpaired) electrons. The van der Waals surface area contributed by atoms with Gasteiger partial charge in [-0.25, -0.2) is 0 Å². The molecule has 3 N–H and O–H groups in total. The molecule has 0 spiro atoms. The van der Waals surface area contributed by atoms with Crippen molar-refractivity contribution < 1.29 is 19.1 Å². The maximum Gasteiger partial charge on any atom is 0.257 e. The third kappa shape index (κ3) is 7.03. The predicted octanol–water partition coefficient (Wildman–Crippen LogP) is 3.76. The summed E-state index contributed by atoms with van der Waals surface area (Å²) in [4.78, 5) is 25.3. The van der Waals surface area contributed by atoms with Crippen LogP contribution in [0.4, 0.5) is 5.69 Å². The van der Waals surface area contributed by atoms with Gasteiger partial charge in [-0.3, -0.25) is 14.9 Å². The number of hydrogen-bond acceptors (Lipinski definition) is 5. The van der Waals surface area contributed by atoms with Crippen LogP contribution in [-0.4, -0.2) is 42.8 Å². The number of thiocarbonyl (C=S) groups is 1. The second kappa shape index (κ2) is 11.6. The lowest BCUT2D eigenvalue weighted by Gasteiger charge is -2.15. The Labute approximate surface area is 193 Å². The largest absolute Gasteiger partial charge is 0.493 e. The Morgan fingerprint density at radius 3 is 2.72 bits per heavy atom. The molecule has 0 aromatic heterocycles. The molecule has 1 atom stereocenters. The minimum absolute atomic E-state index is 0.0553. The Morgan fingerprint density at radius 1 is 1.16 bits per heavy atom. The van der Waals surface area contributed by atoms with Crippen molar-refractivity contribution in [2.45, 2.75) is 32.8 Å². The first-order chi connectivity index (χ1) is 15.4. The molecule has 32 heavy (non-hydrogen) atoms. The highest BCUT2D eigenvalue weighted by Crippen LogP contribution is 2.17. The summed E-state index contributed by atoms with van der Waals surface area (Å²) in [5.41, 5.74) is 1.38. The predicted molar refractivity (Wildman–Crippen MR) is 128 cm³/mol. The van der Waals surface area contributed by atoms with Crippen molar-refractivity contribution >= 4 is 34.8 Å². The maximum atomic E-state index is 12.6. The Morgan fingerprint density at radius 2 is 1.97 bits per heavy atom. The van der Waals surface area contributed by atoms with E-state index >= 15 is 0 Å². The second-order valence-corrected chi connectivity index (χ2v) is 8.44. The van der Waals surface area contributed by atoms with E-state index in [4.69, 9.17) is 21.7 Å². The molecule has 1 fully saturated rings. The summed E-state index contributed by atoms with van der Waals surface area (Å²) in [6.07, 6.45) is 2.01. The van der Waals surface area contributed by atoms with E-state index < -0.39 is 0 Å². The fourth-order valence-corrected chi connectivity index (χ4v) is 3.42. The zero-order valence-electron chi connectivity index (χ0n) is 18.4. The van der Waals surface area contributed by atoms with Crippen LogP contribution in [0.15, 0.2) is 48.5 Å². The van der Waals surface area contributed by atoms with Crippen LogP contribution >= 0.6 is 12.2 Å². The third-order valence-electron chi connectivity index (χ3n) is 4.84. The summed E-state index contributed by atoms with van der Waals surface area (Å²) >= 11 is 5.30. The lowest BCUT2D eigenvalue weighted by molar-refractivity contribution is 0.0858. The highest BCUT2D eigenvalue weighted by Gasteiger charge is 2.18. The minimum atomic E-state index is -0.363. The molecule has 8 heteroatoms. The Bertz CT molecular complexity index is 958. The molecule has 1 aliphatic heterocycles. The van der Waals surface area contributed by atoms with E-state index in [0.717, 1.165) is 19.4 Å². The minimum Gasteiger partial charge on any atom is -0.493 e. The molecule has 0 aliphatic carbocycles. The lowest BCUT2D eigenvalue weighted by atomic mass is 10.1. The van der Waals surface area contributed by atoms with Crippen LogP contribution in [0, 0.1) is 5.92 Å². The molecule has 2 amide bonds. The summed E-state index contributed by atoms with van der Waals surface area (Å²) in [6, 6.07) is 13.9. The van der Waals surface area contributed by atoms with E-state index in [2.05, 4.69) is 29.8 Å². The van der Waals surface area contributed by atoms with Crippen molar-refractivity contribution in [1.29, 1.82) is 0 Å². The summed E-state index contributed by atoms with van der Waals surface area (Å²) in [6.45, 7) is 5.88. The number of carbonyl (C=O) groups excluding carboxylic acids is 2. The first kappa shape index (κ1) is 23.7. The molecule has 1 heterocycles. The molecule has 1 aliphatic rings. The molecule has 7 nitrogen and oxygen atoms in total. The van der Waals surface area contributed by atoms with E-state index in [1.165, 1.54) is 0 Å². The number of rotatable bonds is 8. The highest BCUT2D eigenvalue weighted by molar-refractivity contribution is 7.80. The molecule has 1 saturated heterocycles. The van der Waals surface area contributed by atoms with Crippen molar-refractivity contribution in [1.82, 2.24) is 10.6 Å². The quantitative estimate of drug-likeness (QED) is 0.526. The SMILES string of the molecule is CC(C)COc1cccc(C(=O)NC(=S)Nc2ccccc2C(=O)NCC2CCCO2)c1. The smallest absolute Gasteiger partial charge is 0.257 e. The zero-order valence-corrected chi connectivity index (χ0v) is 19.2. The van der Waals surface area contributed by atoms with Gasteiger partial charge in [0, 0.05) is 18.7 Å². The van der Waals surface area contributed by atoms with Gasteiger partial charge < -0.3 is 20.1 Å². The average Bonchev–Trinajstić information content (AvgIpc) is 3.30. The van der Waals surface area contributed by atoms with Crippen LogP contribution in [0.3, 0.4) is 0 Å². The maximum absolute atomic E-state index is 12.6. The van der Waals surface area contributed by atoms with Gasteiger partial charge in [-0.1, -0.05) is 32.0 Å². The van der Waals surface area contributed by atoms with Crippen LogP contribution in [0.25, 0.3) is 0 Å². The number of benzene rings is 2. The molecular weight excluding hydrogens is 426 g/mol. The molecule has 2 aromatic carbocycles. The van der Waals surface area contributed by atoms with Gasteiger partial charge >= 0.3 is 0 Å². The van der Waals surface area contributed by atoms with Gasteiger partial charge in [-0.15, -0.1) is 0 Å². The number of nitrogens with one attached hydrogen (secondary N) is 3. The van der Waals surface area contributed by atoms with Crippen molar-refractivity contribution in [2.75, 3.05) is 25.1 Å². The normalized spacial score (nSPS) is 15.3. The molecule has 2 aromatic rings. The number of para-hydroxylation sites is 1. The average molecular weight is 456 g/mol. The monoisotopic (exact) mass is 455 g/mol. The molecule has 0 saturated carbocycles. The van der Waals surface area contributed by atoms with Crippen molar-refractivity contribution in [3.8, 4) is 5.75 Å². The van der Waals surface area contributed by atoms with E-state index in [0.29, 0.717) is 41.6 Å². The first-order valence-corrected chi connectivity index (χ1v) is 11.2. The van der Waals surface area contributed by atoms with Gasteiger partial charge in [-0.2, -0.15) is 0 Å². The number of hydrogen-bond donors (Lipinski definition) is 3. The van der Waals surface area contributed by atoms with Crippen molar-refractivity contribution in [2.24, 2.45) is 5.92 Å². The first-order valence-electron chi connectivity index (χ1n) is 10.8. The molecule has 3 rings (SSSR count). The van der Waals surface area contributed by atoms with Crippen LogP contribution in [0.2, 0.25) is 0 Å². The van der Waals surface area contributed by atoms with Gasteiger partial charge in [0.2, 0.25) is 0 Å². The summed E-state index contributed by atoms with van der Waals surface area (Å²) in [5.74, 6) is 0.413. The van der Waals surface area contributed by atoms with Gasteiger partial charge in [0.15, 0.2) is 5.11 Å². The summed E-state index contributed by atoms with van der Waals surface area (Å²) in [5, 5.41) is 8.60. The fraction of sp³-hybridized carbons (Fsp3) is 0.375. The molecule has 0 bridgehead atoms. The number of anilines is 1. The van der Waals surface area contributed by atoms with Crippen LogP contribution < -0.4 is 20.7 Å². The van der Waals surface area contributed by atoms with Crippen LogP contribution in [-0.2, 0) is 4.74 Å². The Kier molecular flexibility index (Phi) is 8.58. The molecular formula is C24H29N3O4S. The van der Waals surface area contributed by atoms with E-state index in [-0.39, 0.29) is 23.0 Å². The van der Waals surface area contributed by atoms with Crippen LogP contribution in [0.5, 0.6) is 5.75 Å². The van der Waals surface area contributed by atoms with Crippen LogP contribution in [0.1, 0.15) is 47.4 Å². The van der Waals surface area contributed by atoms with Crippen molar-refractivity contribution in [3.63, 3.8) is 0 Å². The molecule has 170 valence electrons. The van der Waals surface area contributed by atoms with E-state index in [1.54, 1.807) is 48.5 Å². The topological polar surface area (TPSA) is 88.7 Å². The summed E-state index contributed by atoms with van der Waals surface area (Å²) < 4.78 is 11.2. The van der Waals surface area contributed by atoms with Gasteiger partial charge in [0.1, 0.15) is 5.75 Å². The summed E-state index contributed by atoms with van der Waals surface area (Å²) in [7, 11) is 0. The lowest BCUT2D eigenvalue weighted by Crippen LogP contribution is -2.35. The van der Waals surface area contributed by atoms with Gasteiger partial charge in [0.25, 0.3) is 11.8 Å². The number of ether oxygens (including phenoxy) is 2. The van der Waals surface area contributed by atoms with Gasteiger partial charge in [0.05, 0.1) is 24.0 Å². The van der Waals surface area contributed by atoms with E-state index in [9.17, 15) is 9.59 Å². The highest BCUT2D eigenvalue weighted by atomic mass is 32.1. The zero-order chi connectivity index (χ0) is 22.9. The Hall–Kier alpha value is -2.97. The molecule has 1 unspecified atom stereocenters. The van der Waals surface area contributed by atoms with Gasteiger partial charge in [-0.05, 0) is 61.3 Å². The Balaban J connectivity index is 1.58. The number of carbonyl (C=O) groups is 2. The van der Waals surface area contributed by atoms with Crippen molar-refractivity contribution in [3.05, 3.63) is 59.7 Å². The standard InChI is InChI=1S/C24H29N3O4S/c1-16(2)15-31-18-8-5-7-17(13-18)22(28)27-24(32)26-21-11-4-3-10-20(21)23(29)25-14-19-9-6-12-30-19/h3-5,7-8,10-11,13,16,19H,6,9,12,14-15H2,1-2H3,(H,25,29)(H2,26,27,28,32). The third-order valence-corrected chi connectivity index (χ3v) is 5.04.